The molecule has 1 heterocycles. The van der Waals surface area contributed by atoms with Crippen LogP contribution in [-0.4, -0.2) is 10.1 Å². The summed E-state index contributed by atoms with van der Waals surface area (Å²) >= 11 is 0. The van der Waals surface area contributed by atoms with Crippen molar-refractivity contribution in [2.45, 2.75) is 6.92 Å². The van der Waals surface area contributed by atoms with Crippen LogP contribution in [0.15, 0.2) is 59.2 Å². The van der Waals surface area contributed by atoms with E-state index < -0.39 is 0 Å². The topological polar surface area (TPSA) is 58.3 Å². The molecule has 0 saturated carbocycles. The molecule has 4 heteroatoms. The van der Waals surface area contributed by atoms with E-state index in [1.807, 2.05) is 31.2 Å². The highest BCUT2D eigenvalue weighted by atomic mass is 16.4. The van der Waals surface area contributed by atoms with Gasteiger partial charge in [0.25, 0.3) is 6.01 Å². The van der Waals surface area contributed by atoms with Crippen LogP contribution in [0.1, 0.15) is 5.56 Å². The van der Waals surface area contributed by atoms with E-state index in [1.54, 1.807) is 30.5 Å². The highest BCUT2D eigenvalue weighted by Crippen LogP contribution is 2.24. The lowest BCUT2D eigenvalue weighted by Crippen LogP contribution is -1.90. The van der Waals surface area contributed by atoms with Crippen LogP contribution in [0.2, 0.25) is 0 Å². The Kier molecular flexibility index (Phi) is 3.13. The second-order valence-corrected chi connectivity index (χ2v) is 4.58. The molecule has 3 rings (SSSR count). The number of aromatic nitrogens is 1. The second-order valence-electron chi connectivity index (χ2n) is 4.58. The largest absolute Gasteiger partial charge is 0.508 e. The number of rotatable bonds is 3. The fraction of sp³-hybridized carbons (Fsp3) is 0.0625. The first-order chi connectivity index (χ1) is 9.70. The second kappa shape index (κ2) is 5.09. The van der Waals surface area contributed by atoms with Crippen molar-refractivity contribution >= 4 is 11.7 Å². The van der Waals surface area contributed by atoms with Gasteiger partial charge in [-0.2, -0.15) is 4.98 Å². The molecule has 100 valence electrons. The van der Waals surface area contributed by atoms with Gasteiger partial charge in [0.1, 0.15) is 17.7 Å². The summed E-state index contributed by atoms with van der Waals surface area (Å²) in [6, 6.07) is 15.3. The van der Waals surface area contributed by atoms with Gasteiger partial charge < -0.3 is 14.8 Å². The van der Waals surface area contributed by atoms with Crippen molar-refractivity contribution in [3.05, 3.63) is 60.4 Å². The van der Waals surface area contributed by atoms with E-state index in [0.717, 1.165) is 16.9 Å². The third-order valence-corrected chi connectivity index (χ3v) is 2.94. The first-order valence-corrected chi connectivity index (χ1v) is 6.29. The van der Waals surface area contributed by atoms with Crippen LogP contribution in [0.4, 0.5) is 11.7 Å². The third kappa shape index (κ3) is 2.64. The molecule has 2 aromatic carbocycles. The maximum Gasteiger partial charge on any atom is 0.299 e. The summed E-state index contributed by atoms with van der Waals surface area (Å²) in [5.41, 5.74) is 3.72. The van der Waals surface area contributed by atoms with Crippen molar-refractivity contribution in [1.29, 1.82) is 0 Å². The van der Waals surface area contributed by atoms with Gasteiger partial charge in [0.15, 0.2) is 0 Å². The summed E-state index contributed by atoms with van der Waals surface area (Å²) < 4.78 is 5.41. The molecule has 20 heavy (non-hydrogen) atoms. The number of phenols is 1. The maximum atomic E-state index is 9.27. The number of aromatic hydroxyl groups is 1. The van der Waals surface area contributed by atoms with Gasteiger partial charge in [-0.05, 0) is 48.9 Å². The van der Waals surface area contributed by atoms with Crippen LogP contribution in [0, 0.1) is 6.92 Å². The van der Waals surface area contributed by atoms with Crippen LogP contribution < -0.4 is 5.32 Å². The molecule has 3 aromatic rings. The lowest BCUT2D eigenvalue weighted by Gasteiger charge is -2.01. The first-order valence-electron chi connectivity index (χ1n) is 6.29. The molecule has 0 aliphatic rings. The number of anilines is 2. The molecule has 0 spiro atoms. The SMILES string of the molecule is Cc1cccc(Nc2nc(-c3ccc(O)cc3)co2)c1. The number of nitrogens with one attached hydrogen (secondary N) is 1. The Labute approximate surface area is 116 Å². The Hall–Kier alpha value is -2.75. The molecular formula is C16H14N2O2. The summed E-state index contributed by atoms with van der Waals surface area (Å²) in [5.74, 6) is 0.232. The maximum absolute atomic E-state index is 9.27. The fourth-order valence-electron chi connectivity index (χ4n) is 1.94. The molecule has 4 nitrogen and oxygen atoms in total. The molecule has 0 radical (unpaired) electrons. The summed E-state index contributed by atoms with van der Waals surface area (Å²) in [6.45, 7) is 2.03. The Morgan fingerprint density at radius 3 is 2.65 bits per heavy atom. The van der Waals surface area contributed by atoms with Crippen molar-refractivity contribution in [3.8, 4) is 17.0 Å². The number of hydrogen-bond acceptors (Lipinski definition) is 4. The minimum Gasteiger partial charge on any atom is -0.508 e. The predicted molar refractivity (Wildman–Crippen MR) is 78.1 cm³/mol. The molecular weight excluding hydrogens is 252 g/mol. The highest BCUT2D eigenvalue weighted by molar-refractivity contribution is 5.62. The molecule has 0 bridgehead atoms. The fourth-order valence-corrected chi connectivity index (χ4v) is 1.94. The quantitative estimate of drug-likeness (QED) is 0.749. The van der Waals surface area contributed by atoms with Gasteiger partial charge in [0, 0.05) is 11.3 Å². The van der Waals surface area contributed by atoms with Crippen molar-refractivity contribution in [1.82, 2.24) is 4.98 Å². The number of benzene rings is 2. The number of aryl methyl sites for hydroxylation is 1. The number of nitrogens with zero attached hydrogens (tertiary/aromatic N) is 1. The zero-order chi connectivity index (χ0) is 13.9. The molecule has 2 N–H and O–H groups in total. The van der Waals surface area contributed by atoms with E-state index in [0.29, 0.717) is 6.01 Å². The zero-order valence-corrected chi connectivity index (χ0v) is 11.0. The molecule has 0 unspecified atom stereocenters. The van der Waals surface area contributed by atoms with Crippen molar-refractivity contribution in [3.63, 3.8) is 0 Å². The van der Waals surface area contributed by atoms with Gasteiger partial charge in [-0.25, -0.2) is 0 Å². The van der Waals surface area contributed by atoms with Gasteiger partial charge in [-0.15, -0.1) is 0 Å². The molecule has 0 fully saturated rings. The molecule has 0 amide bonds. The lowest BCUT2D eigenvalue weighted by molar-refractivity contribution is 0.475. The van der Waals surface area contributed by atoms with Crippen molar-refractivity contribution < 1.29 is 9.52 Å². The van der Waals surface area contributed by atoms with Crippen LogP contribution in [0.5, 0.6) is 5.75 Å². The Balaban J connectivity index is 1.82. The monoisotopic (exact) mass is 266 g/mol. The molecule has 0 saturated heterocycles. The van der Waals surface area contributed by atoms with Crippen LogP contribution in [0.3, 0.4) is 0 Å². The lowest BCUT2D eigenvalue weighted by atomic mass is 10.2. The van der Waals surface area contributed by atoms with Gasteiger partial charge >= 0.3 is 0 Å². The molecule has 0 aliphatic heterocycles. The van der Waals surface area contributed by atoms with E-state index in [4.69, 9.17) is 4.42 Å². The Morgan fingerprint density at radius 2 is 1.90 bits per heavy atom. The van der Waals surface area contributed by atoms with Crippen LogP contribution in [-0.2, 0) is 0 Å². The van der Waals surface area contributed by atoms with Gasteiger partial charge in [0.05, 0.1) is 0 Å². The summed E-state index contributed by atoms with van der Waals surface area (Å²) in [4.78, 5) is 4.38. The molecule has 1 aromatic heterocycles. The molecule has 0 atom stereocenters. The third-order valence-electron chi connectivity index (χ3n) is 2.94. The minimum absolute atomic E-state index is 0.232. The smallest absolute Gasteiger partial charge is 0.299 e. The van der Waals surface area contributed by atoms with Gasteiger partial charge in [0.2, 0.25) is 0 Å². The normalized spacial score (nSPS) is 10.4. The zero-order valence-electron chi connectivity index (χ0n) is 11.0. The van der Waals surface area contributed by atoms with E-state index >= 15 is 0 Å². The summed E-state index contributed by atoms with van der Waals surface area (Å²) in [6.07, 6.45) is 1.59. The average molecular weight is 266 g/mol. The average Bonchev–Trinajstić information content (AvgIpc) is 2.88. The van der Waals surface area contributed by atoms with Gasteiger partial charge in [-0.1, -0.05) is 12.1 Å². The summed E-state index contributed by atoms with van der Waals surface area (Å²) in [7, 11) is 0. The van der Waals surface area contributed by atoms with E-state index in [9.17, 15) is 5.11 Å². The number of phenolic OH excluding ortho intramolecular Hbond substituents is 1. The van der Waals surface area contributed by atoms with Crippen molar-refractivity contribution in [2.24, 2.45) is 0 Å². The van der Waals surface area contributed by atoms with Crippen molar-refractivity contribution in [2.75, 3.05) is 5.32 Å². The van der Waals surface area contributed by atoms with E-state index in [-0.39, 0.29) is 5.75 Å². The predicted octanol–water partition coefficient (Wildman–Crippen LogP) is 4.10. The van der Waals surface area contributed by atoms with Crippen LogP contribution in [0.25, 0.3) is 11.3 Å². The van der Waals surface area contributed by atoms with E-state index in [2.05, 4.69) is 10.3 Å². The first kappa shape index (κ1) is 12.3. The van der Waals surface area contributed by atoms with Crippen LogP contribution >= 0.6 is 0 Å². The van der Waals surface area contributed by atoms with Gasteiger partial charge in [-0.3, -0.25) is 0 Å². The number of oxazole rings is 1. The summed E-state index contributed by atoms with van der Waals surface area (Å²) in [5, 5.41) is 12.4. The van der Waals surface area contributed by atoms with E-state index in [1.165, 1.54) is 5.56 Å². The highest BCUT2D eigenvalue weighted by Gasteiger charge is 2.06. The minimum atomic E-state index is 0.232. The number of hydrogen-bond donors (Lipinski definition) is 2. The molecule has 0 aliphatic carbocycles. The Bertz CT molecular complexity index is 717. The Morgan fingerprint density at radius 1 is 1.10 bits per heavy atom. The standard InChI is InChI=1S/C16H14N2O2/c1-11-3-2-4-13(9-11)17-16-18-15(10-20-16)12-5-7-14(19)8-6-12/h2-10,19H,1H3,(H,17,18).